The number of ether oxygens (including phenoxy) is 1. The Hall–Kier alpha value is -2.48. The van der Waals surface area contributed by atoms with Crippen molar-refractivity contribution in [3.8, 4) is 11.4 Å². The number of fused-ring (bicyclic) bond motifs is 1. The van der Waals surface area contributed by atoms with E-state index in [2.05, 4.69) is 36.2 Å². The number of carbonyl (C=O) groups is 1. The molecule has 0 saturated heterocycles. The zero-order chi connectivity index (χ0) is 17.3. The lowest BCUT2D eigenvalue weighted by atomic mass is 10.2. The van der Waals surface area contributed by atoms with E-state index in [1.807, 2.05) is 0 Å². The van der Waals surface area contributed by atoms with Gasteiger partial charge >= 0.3 is 6.09 Å². The number of carbonyl (C=O) groups excluding carboxylic acids is 1. The molecule has 0 bridgehead atoms. The molecule has 0 saturated carbocycles. The van der Waals surface area contributed by atoms with Gasteiger partial charge in [0.25, 0.3) is 0 Å². The van der Waals surface area contributed by atoms with Gasteiger partial charge in [0, 0.05) is 16.4 Å². The van der Waals surface area contributed by atoms with Gasteiger partial charge in [-0.3, -0.25) is 5.32 Å². The van der Waals surface area contributed by atoms with Gasteiger partial charge in [0.05, 0.1) is 11.7 Å². The van der Waals surface area contributed by atoms with Crippen LogP contribution in [0, 0.1) is 5.82 Å². The second kappa shape index (κ2) is 6.56. The summed E-state index contributed by atoms with van der Waals surface area (Å²) in [4.78, 5) is 23.2. The van der Waals surface area contributed by atoms with Gasteiger partial charge in [-0.1, -0.05) is 0 Å². The van der Waals surface area contributed by atoms with Crippen LogP contribution in [-0.2, 0) is 4.74 Å². The molecule has 24 heavy (non-hydrogen) atoms. The molecular weight excluding hydrogens is 379 g/mol. The van der Waals surface area contributed by atoms with Crippen molar-refractivity contribution in [2.45, 2.75) is 20.0 Å². The Kier molecular flexibility index (Phi) is 4.48. The average Bonchev–Trinajstić information content (AvgIpc) is 2.91. The van der Waals surface area contributed by atoms with Crippen molar-refractivity contribution in [1.29, 1.82) is 0 Å². The Morgan fingerprint density at radius 2 is 2.17 bits per heavy atom. The van der Waals surface area contributed by atoms with Crippen LogP contribution in [0.3, 0.4) is 0 Å². The monoisotopic (exact) mass is 392 g/mol. The minimum Gasteiger partial charge on any atom is -0.447 e. The van der Waals surface area contributed by atoms with Crippen LogP contribution in [-0.4, -0.2) is 27.1 Å². The molecule has 0 unspecified atom stereocenters. The van der Waals surface area contributed by atoms with E-state index in [0.29, 0.717) is 22.7 Å². The van der Waals surface area contributed by atoms with Crippen LogP contribution < -0.4 is 5.32 Å². The first kappa shape index (κ1) is 16.4. The van der Waals surface area contributed by atoms with Crippen LogP contribution >= 0.6 is 15.9 Å². The van der Waals surface area contributed by atoms with Crippen LogP contribution in [0.2, 0.25) is 0 Å². The number of benzene rings is 1. The zero-order valence-corrected chi connectivity index (χ0v) is 14.5. The second-order valence-corrected chi connectivity index (χ2v) is 6.30. The quantitative estimate of drug-likeness (QED) is 0.688. The molecule has 8 heteroatoms. The van der Waals surface area contributed by atoms with Gasteiger partial charge in [-0.15, -0.1) is 0 Å². The predicted octanol–water partition coefficient (Wildman–Crippen LogP) is 4.48. The molecule has 3 aromatic rings. The first-order chi connectivity index (χ1) is 11.4. The van der Waals surface area contributed by atoms with E-state index < -0.39 is 11.9 Å². The number of pyridine rings is 1. The van der Waals surface area contributed by atoms with E-state index in [0.717, 1.165) is 4.47 Å². The highest BCUT2D eigenvalue weighted by Crippen LogP contribution is 2.26. The van der Waals surface area contributed by atoms with E-state index >= 15 is 0 Å². The third kappa shape index (κ3) is 3.53. The minimum atomic E-state index is -0.599. The fourth-order valence-corrected chi connectivity index (χ4v) is 2.46. The lowest BCUT2D eigenvalue weighted by Crippen LogP contribution is -2.18. The maximum absolute atomic E-state index is 14.2. The third-order valence-electron chi connectivity index (χ3n) is 3.11. The highest BCUT2D eigenvalue weighted by molar-refractivity contribution is 9.10. The van der Waals surface area contributed by atoms with Crippen LogP contribution in [0.15, 0.2) is 34.9 Å². The van der Waals surface area contributed by atoms with Crippen molar-refractivity contribution >= 4 is 38.9 Å². The van der Waals surface area contributed by atoms with Gasteiger partial charge in [0.1, 0.15) is 17.2 Å². The van der Waals surface area contributed by atoms with Crippen LogP contribution in [0.25, 0.3) is 22.6 Å². The molecule has 2 heterocycles. The van der Waals surface area contributed by atoms with Crippen molar-refractivity contribution in [3.63, 3.8) is 0 Å². The summed E-state index contributed by atoms with van der Waals surface area (Å²) >= 11 is 3.32. The summed E-state index contributed by atoms with van der Waals surface area (Å²) in [5.74, 6) is -0.134. The molecule has 2 aromatic heterocycles. The fourth-order valence-electron chi connectivity index (χ4n) is 2.14. The van der Waals surface area contributed by atoms with E-state index in [1.165, 1.54) is 18.2 Å². The third-order valence-corrected chi connectivity index (χ3v) is 3.55. The summed E-state index contributed by atoms with van der Waals surface area (Å²) in [6.07, 6.45) is 0.781. The lowest BCUT2D eigenvalue weighted by molar-refractivity contribution is 0.130. The molecule has 0 aliphatic carbocycles. The van der Waals surface area contributed by atoms with E-state index in [4.69, 9.17) is 4.74 Å². The predicted molar refractivity (Wildman–Crippen MR) is 92.2 cm³/mol. The number of rotatable bonds is 3. The summed E-state index contributed by atoms with van der Waals surface area (Å²) < 4.78 is 20.0. The van der Waals surface area contributed by atoms with Gasteiger partial charge in [-0.25, -0.2) is 19.2 Å². The molecule has 3 rings (SSSR count). The Morgan fingerprint density at radius 1 is 1.38 bits per heavy atom. The second-order valence-electron chi connectivity index (χ2n) is 5.38. The highest BCUT2D eigenvalue weighted by atomic mass is 79.9. The summed E-state index contributed by atoms with van der Waals surface area (Å²) in [6.45, 7) is 3.49. The summed E-state index contributed by atoms with van der Waals surface area (Å²) in [5.41, 5.74) is 1.79. The van der Waals surface area contributed by atoms with E-state index in [1.54, 1.807) is 26.1 Å². The number of aromatic nitrogens is 3. The number of anilines is 1. The lowest BCUT2D eigenvalue weighted by Gasteiger charge is -2.10. The molecular formula is C16H14BrFN4O2. The number of amides is 1. The maximum atomic E-state index is 14.2. The van der Waals surface area contributed by atoms with Crippen molar-refractivity contribution < 1.29 is 13.9 Å². The summed E-state index contributed by atoms with van der Waals surface area (Å²) in [7, 11) is 0. The number of nitrogens with zero attached hydrogens (tertiary/aromatic N) is 2. The Labute approximate surface area is 145 Å². The fraction of sp³-hybridized carbons (Fsp3) is 0.188. The van der Waals surface area contributed by atoms with E-state index in [-0.39, 0.29) is 11.7 Å². The molecule has 0 atom stereocenters. The number of halogens is 2. The molecule has 0 fully saturated rings. The number of imidazole rings is 1. The summed E-state index contributed by atoms with van der Waals surface area (Å²) in [5, 5.41) is 2.56. The maximum Gasteiger partial charge on any atom is 0.411 e. The molecule has 2 N–H and O–H groups in total. The largest absolute Gasteiger partial charge is 0.447 e. The van der Waals surface area contributed by atoms with E-state index in [9.17, 15) is 9.18 Å². The normalized spacial score (nSPS) is 11.0. The van der Waals surface area contributed by atoms with Gasteiger partial charge < -0.3 is 9.72 Å². The topological polar surface area (TPSA) is 79.9 Å². The standard InChI is InChI=1S/C16H14BrFN4O2/c1-8(2)24-16(23)20-10-3-4-12(18)11(6-10)14-21-13-5-9(17)7-19-15(13)22-14/h3-8H,1-2H3,(H,20,23)(H,19,21,22). The number of H-pyrrole nitrogens is 1. The zero-order valence-electron chi connectivity index (χ0n) is 12.9. The Morgan fingerprint density at radius 3 is 2.92 bits per heavy atom. The van der Waals surface area contributed by atoms with Gasteiger partial charge in [0.15, 0.2) is 5.65 Å². The van der Waals surface area contributed by atoms with Crippen LogP contribution in [0.1, 0.15) is 13.8 Å². The van der Waals surface area contributed by atoms with Gasteiger partial charge in [-0.05, 0) is 54.0 Å². The molecule has 1 amide bonds. The Balaban J connectivity index is 1.94. The summed E-state index contributed by atoms with van der Waals surface area (Å²) in [6, 6.07) is 5.99. The number of aromatic amines is 1. The smallest absolute Gasteiger partial charge is 0.411 e. The van der Waals surface area contributed by atoms with Crippen LogP contribution in [0.5, 0.6) is 0 Å². The number of nitrogens with one attached hydrogen (secondary N) is 2. The molecule has 0 aliphatic heterocycles. The molecule has 0 aliphatic rings. The first-order valence-electron chi connectivity index (χ1n) is 7.21. The first-order valence-corrected chi connectivity index (χ1v) is 8.00. The van der Waals surface area contributed by atoms with Crippen molar-refractivity contribution in [3.05, 3.63) is 40.8 Å². The van der Waals surface area contributed by atoms with Gasteiger partial charge in [-0.2, -0.15) is 0 Å². The molecule has 0 radical (unpaired) electrons. The number of hydrogen-bond acceptors (Lipinski definition) is 4. The minimum absolute atomic E-state index is 0.228. The van der Waals surface area contributed by atoms with Gasteiger partial charge in [0.2, 0.25) is 0 Å². The molecule has 0 spiro atoms. The average molecular weight is 393 g/mol. The van der Waals surface area contributed by atoms with Crippen molar-refractivity contribution in [1.82, 2.24) is 15.0 Å². The SMILES string of the molecule is CC(C)OC(=O)Nc1ccc(F)c(-c2nc3cc(Br)cnc3[nH]2)c1. The van der Waals surface area contributed by atoms with Crippen LogP contribution in [0.4, 0.5) is 14.9 Å². The van der Waals surface area contributed by atoms with Crippen molar-refractivity contribution in [2.24, 2.45) is 0 Å². The number of hydrogen-bond donors (Lipinski definition) is 2. The Bertz CT molecular complexity index is 910. The molecule has 124 valence electrons. The molecule has 6 nitrogen and oxygen atoms in total. The highest BCUT2D eigenvalue weighted by Gasteiger charge is 2.13. The van der Waals surface area contributed by atoms with Crippen molar-refractivity contribution in [2.75, 3.05) is 5.32 Å². The molecule has 1 aromatic carbocycles.